The van der Waals surface area contributed by atoms with Crippen molar-refractivity contribution >= 4 is 17.9 Å². The fourth-order valence-corrected chi connectivity index (χ4v) is 0.763. The second-order valence-electron chi connectivity index (χ2n) is 2.78. The van der Waals surface area contributed by atoms with Crippen molar-refractivity contribution in [3.8, 4) is 0 Å². The van der Waals surface area contributed by atoms with Gasteiger partial charge in [0.15, 0.2) is 0 Å². The van der Waals surface area contributed by atoms with Crippen molar-refractivity contribution in [2.75, 3.05) is 13.2 Å². The summed E-state index contributed by atoms with van der Waals surface area (Å²) in [5, 5.41) is 8.28. The summed E-state index contributed by atoms with van der Waals surface area (Å²) in [6.07, 6.45) is 2.32. The van der Waals surface area contributed by atoms with Gasteiger partial charge in [0.05, 0.1) is 12.8 Å². The molecule has 16 heavy (non-hydrogen) atoms. The summed E-state index contributed by atoms with van der Waals surface area (Å²) in [6.45, 7) is 1.57. The Kier molecular flexibility index (Phi) is 7.48. The molecule has 0 radical (unpaired) electrons. The number of carboxylic acid groups (broad SMARTS) is 1. The van der Waals surface area contributed by atoms with Crippen molar-refractivity contribution < 1.29 is 29.0 Å². The second-order valence-corrected chi connectivity index (χ2v) is 2.78. The van der Waals surface area contributed by atoms with Crippen LogP contribution >= 0.6 is 0 Å². The van der Waals surface area contributed by atoms with Crippen molar-refractivity contribution in [3.05, 3.63) is 12.2 Å². The lowest BCUT2D eigenvalue weighted by atomic mass is 10.3. The van der Waals surface area contributed by atoms with Crippen molar-refractivity contribution in [2.24, 2.45) is 0 Å². The van der Waals surface area contributed by atoms with Gasteiger partial charge in [-0.2, -0.15) is 0 Å². The molecule has 0 heterocycles. The van der Waals surface area contributed by atoms with Crippen LogP contribution in [0.3, 0.4) is 0 Å². The molecule has 0 amide bonds. The predicted octanol–water partition coefficient (Wildman–Crippen LogP) is 0.514. The van der Waals surface area contributed by atoms with Gasteiger partial charge in [0.1, 0.15) is 13.2 Å². The maximum Gasteiger partial charge on any atom is 0.330 e. The standard InChI is InChI=1S/C10H14O6/c1-2-3-9(13)15-6-7-16-10(14)5-4-8(11)12/h2-3H,4-7H2,1H3,(H,11,12). The highest BCUT2D eigenvalue weighted by atomic mass is 16.6. The first-order valence-corrected chi connectivity index (χ1v) is 4.73. The third kappa shape index (κ3) is 8.74. The highest BCUT2D eigenvalue weighted by Crippen LogP contribution is 1.93. The lowest BCUT2D eigenvalue weighted by Gasteiger charge is -2.03. The molecule has 0 unspecified atom stereocenters. The van der Waals surface area contributed by atoms with Gasteiger partial charge < -0.3 is 14.6 Å². The molecule has 1 N–H and O–H groups in total. The molecule has 90 valence electrons. The maximum atomic E-state index is 10.9. The van der Waals surface area contributed by atoms with Crippen molar-refractivity contribution in [3.63, 3.8) is 0 Å². The van der Waals surface area contributed by atoms with E-state index in [0.717, 1.165) is 0 Å². The van der Waals surface area contributed by atoms with E-state index in [4.69, 9.17) is 5.11 Å². The minimum Gasteiger partial charge on any atom is -0.481 e. The number of hydrogen-bond acceptors (Lipinski definition) is 5. The van der Waals surface area contributed by atoms with E-state index in [1.165, 1.54) is 12.2 Å². The van der Waals surface area contributed by atoms with Gasteiger partial charge in [-0.25, -0.2) is 4.79 Å². The van der Waals surface area contributed by atoms with Crippen LogP contribution in [0, 0.1) is 0 Å². The normalized spacial score (nSPS) is 10.1. The SMILES string of the molecule is CC=CC(=O)OCCOC(=O)CCC(=O)O. The molecule has 0 fully saturated rings. The van der Waals surface area contributed by atoms with Gasteiger partial charge in [-0.05, 0) is 6.92 Å². The van der Waals surface area contributed by atoms with Crippen LogP contribution in [0.5, 0.6) is 0 Å². The molecule has 0 bridgehead atoms. The third-order valence-corrected chi connectivity index (χ3v) is 1.44. The highest BCUT2D eigenvalue weighted by molar-refractivity contribution is 5.81. The van der Waals surface area contributed by atoms with Crippen LogP contribution in [-0.4, -0.2) is 36.2 Å². The van der Waals surface area contributed by atoms with Crippen LogP contribution in [0.4, 0.5) is 0 Å². The number of carboxylic acids is 1. The zero-order valence-corrected chi connectivity index (χ0v) is 8.97. The van der Waals surface area contributed by atoms with Crippen LogP contribution in [0.15, 0.2) is 12.2 Å². The lowest BCUT2D eigenvalue weighted by Crippen LogP contribution is -2.13. The fraction of sp³-hybridized carbons (Fsp3) is 0.500. The summed E-state index contributed by atoms with van der Waals surface area (Å²) < 4.78 is 9.26. The van der Waals surface area contributed by atoms with E-state index in [2.05, 4.69) is 9.47 Å². The van der Waals surface area contributed by atoms with E-state index in [1.54, 1.807) is 6.92 Å². The number of aliphatic carboxylic acids is 1. The number of carbonyl (C=O) groups is 3. The lowest BCUT2D eigenvalue weighted by molar-refractivity contribution is -0.151. The number of esters is 2. The van der Waals surface area contributed by atoms with Gasteiger partial charge in [-0.1, -0.05) is 6.08 Å². The molecular formula is C10H14O6. The van der Waals surface area contributed by atoms with Gasteiger partial charge in [-0.3, -0.25) is 9.59 Å². The smallest absolute Gasteiger partial charge is 0.330 e. The Hall–Kier alpha value is -1.85. The molecule has 0 aromatic rings. The second kappa shape index (κ2) is 8.46. The summed E-state index contributed by atoms with van der Waals surface area (Å²) in [5.41, 5.74) is 0. The molecule has 6 heteroatoms. The van der Waals surface area contributed by atoms with Crippen LogP contribution < -0.4 is 0 Å². The largest absolute Gasteiger partial charge is 0.481 e. The summed E-state index contributed by atoms with van der Waals surface area (Å²) in [5.74, 6) is -2.19. The predicted molar refractivity (Wildman–Crippen MR) is 53.6 cm³/mol. The first kappa shape index (κ1) is 14.2. The average Bonchev–Trinajstić information content (AvgIpc) is 2.22. The minimum atomic E-state index is -1.06. The number of allylic oxidation sites excluding steroid dienone is 1. The van der Waals surface area contributed by atoms with Crippen LogP contribution in [0.25, 0.3) is 0 Å². The zero-order chi connectivity index (χ0) is 12.4. The van der Waals surface area contributed by atoms with E-state index in [9.17, 15) is 14.4 Å². The van der Waals surface area contributed by atoms with E-state index < -0.39 is 17.9 Å². The molecule has 0 aromatic carbocycles. The molecule has 0 aliphatic carbocycles. The topological polar surface area (TPSA) is 89.9 Å². The van der Waals surface area contributed by atoms with E-state index >= 15 is 0 Å². The van der Waals surface area contributed by atoms with E-state index in [1.807, 2.05) is 0 Å². The third-order valence-electron chi connectivity index (χ3n) is 1.44. The van der Waals surface area contributed by atoms with Gasteiger partial charge in [0, 0.05) is 6.08 Å². The number of rotatable bonds is 7. The Morgan fingerprint density at radius 2 is 1.75 bits per heavy atom. The summed E-state index contributed by atoms with van der Waals surface area (Å²) in [7, 11) is 0. The Morgan fingerprint density at radius 3 is 2.31 bits per heavy atom. The Balaban J connectivity index is 3.48. The first-order valence-electron chi connectivity index (χ1n) is 4.73. The van der Waals surface area contributed by atoms with Gasteiger partial charge in [0.25, 0.3) is 0 Å². The molecule has 0 atom stereocenters. The molecule has 0 saturated carbocycles. The van der Waals surface area contributed by atoms with E-state index in [-0.39, 0.29) is 26.1 Å². The number of carbonyl (C=O) groups excluding carboxylic acids is 2. The van der Waals surface area contributed by atoms with Gasteiger partial charge in [-0.15, -0.1) is 0 Å². The quantitative estimate of drug-likeness (QED) is 0.389. The molecule has 0 aliphatic rings. The van der Waals surface area contributed by atoms with Crippen LogP contribution in [0.1, 0.15) is 19.8 Å². The Morgan fingerprint density at radius 1 is 1.12 bits per heavy atom. The monoisotopic (exact) mass is 230 g/mol. The number of ether oxygens (including phenoxy) is 2. The zero-order valence-electron chi connectivity index (χ0n) is 8.97. The summed E-state index contributed by atoms with van der Waals surface area (Å²) in [6, 6.07) is 0. The first-order chi connectivity index (χ1) is 7.56. The minimum absolute atomic E-state index is 0.0397. The molecule has 6 nitrogen and oxygen atoms in total. The van der Waals surface area contributed by atoms with Crippen LogP contribution in [0.2, 0.25) is 0 Å². The van der Waals surface area contributed by atoms with Crippen LogP contribution in [-0.2, 0) is 23.9 Å². The maximum absolute atomic E-state index is 10.9. The molecule has 0 aromatic heterocycles. The Bertz CT molecular complexity index is 281. The fourth-order valence-electron chi connectivity index (χ4n) is 0.763. The highest BCUT2D eigenvalue weighted by Gasteiger charge is 2.06. The molecule has 0 saturated heterocycles. The van der Waals surface area contributed by atoms with Crippen molar-refractivity contribution in [1.29, 1.82) is 0 Å². The molecular weight excluding hydrogens is 216 g/mol. The average molecular weight is 230 g/mol. The summed E-state index contributed by atoms with van der Waals surface area (Å²) >= 11 is 0. The molecule has 0 rings (SSSR count). The van der Waals surface area contributed by atoms with Crippen molar-refractivity contribution in [1.82, 2.24) is 0 Å². The Labute approximate surface area is 92.8 Å². The van der Waals surface area contributed by atoms with Gasteiger partial charge >= 0.3 is 17.9 Å². The van der Waals surface area contributed by atoms with Gasteiger partial charge in [0.2, 0.25) is 0 Å². The van der Waals surface area contributed by atoms with E-state index in [0.29, 0.717) is 0 Å². The molecule has 0 aliphatic heterocycles. The summed E-state index contributed by atoms with van der Waals surface area (Å²) in [4.78, 5) is 31.8. The van der Waals surface area contributed by atoms with Crippen molar-refractivity contribution in [2.45, 2.75) is 19.8 Å². The number of hydrogen-bond donors (Lipinski definition) is 1. The molecule has 0 spiro atoms.